The Kier molecular flexibility index (Phi) is 23.6. The number of rotatable bonds is 4. The molecular weight excluding hydrogens is 870 g/mol. The first-order valence-corrected chi connectivity index (χ1v) is 20.2. The van der Waals surface area contributed by atoms with E-state index in [0.717, 1.165) is 50.9 Å². The fourth-order valence-electron chi connectivity index (χ4n) is 5.38. The van der Waals surface area contributed by atoms with Crippen molar-refractivity contribution in [2.45, 2.75) is 112 Å². The molecule has 346 valence electrons. The number of anilines is 1. The molecule has 2 amide bonds. The number of carbonyl (C=O) groups is 2. The molecule has 0 bridgehead atoms. The first kappa shape index (κ1) is 55.0. The lowest BCUT2D eigenvalue weighted by atomic mass is 10.2. The number of nitrogens with zero attached hydrogens (tertiary/aromatic N) is 6. The minimum atomic E-state index is -4.53. The van der Waals surface area contributed by atoms with Gasteiger partial charge in [-0.25, -0.2) is 19.6 Å². The molecule has 4 rings (SSSR count). The molecule has 2 aromatic rings. The number of ether oxygens (including phenoxy) is 2. The van der Waals surface area contributed by atoms with Crippen molar-refractivity contribution in [1.82, 2.24) is 30.0 Å². The molecule has 0 spiro atoms. The third-order valence-corrected chi connectivity index (χ3v) is 8.76. The van der Waals surface area contributed by atoms with Crippen molar-refractivity contribution in [2.24, 2.45) is 0 Å². The number of hydrogen-bond donors (Lipinski definition) is 1. The summed E-state index contributed by atoms with van der Waals surface area (Å²) in [6.07, 6.45) is -9.61. The SMILES string of the molecule is CC(C)(C)OC(=O)N1CCN(c2ccc(C(F)(F)F)c(Cl)n2)CC1.CC(C)(C)OC(=O)N1CCNCC1.CCN(C(C)C)C(C)C.FC(F)(F)c1ccc(Cl)nc1Cl.[2H]CF. The van der Waals surface area contributed by atoms with Gasteiger partial charge in [-0.1, -0.05) is 41.7 Å². The Morgan fingerprint density at radius 3 is 1.43 bits per heavy atom. The molecule has 2 saturated heterocycles. The van der Waals surface area contributed by atoms with Gasteiger partial charge in [0, 0.05) is 64.4 Å². The fourth-order valence-corrected chi connectivity index (χ4v) is 6.09. The van der Waals surface area contributed by atoms with Gasteiger partial charge in [0.25, 0.3) is 0 Å². The maximum atomic E-state index is 12.7. The molecular formula is C39H61Cl3F7N7O4. The summed E-state index contributed by atoms with van der Waals surface area (Å²) >= 11 is 16.1. The van der Waals surface area contributed by atoms with E-state index >= 15 is 0 Å². The minimum absolute atomic E-state index is 0.0620. The molecule has 0 radical (unpaired) electrons. The predicted molar refractivity (Wildman–Crippen MR) is 224 cm³/mol. The van der Waals surface area contributed by atoms with Crippen LogP contribution in [0.5, 0.6) is 0 Å². The zero-order chi connectivity index (χ0) is 47.5. The standard InChI is InChI=1S/C15H19ClF3N3O2.C9H18N2O2.C8H19N.C6H2Cl2F3N.CH3F/c1-14(2,3)24-13(23)22-8-6-21(7-9-22)11-5-4-10(12(16)20-11)15(17,18)19;1-9(2,3)13-8(12)11-6-4-10-5-7-11;1-6-9(7(2)3)8(4)5;7-4-2-1-3(5(8)12-4)6(9,10)11;1-2/h4-5H,6-9H2,1-3H3;10H,4-7H2,1-3H3;7-8H,6H2,1-5H3;1-2H;1H3/i;;;;1D. The van der Waals surface area contributed by atoms with Gasteiger partial charge in [-0.15, -0.1) is 0 Å². The third kappa shape index (κ3) is 22.2. The molecule has 0 aromatic carbocycles. The first-order chi connectivity index (χ1) is 27.9. The average Bonchev–Trinajstić information content (AvgIpc) is 3.10. The molecule has 2 aliphatic heterocycles. The van der Waals surface area contributed by atoms with Crippen LogP contribution in [0.2, 0.25) is 15.5 Å². The van der Waals surface area contributed by atoms with Crippen molar-refractivity contribution in [3.63, 3.8) is 0 Å². The van der Waals surface area contributed by atoms with Crippen molar-refractivity contribution in [3.05, 3.63) is 50.9 Å². The van der Waals surface area contributed by atoms with Crippen molar-refractivity contribution in [3.8, 4) is 0 Å². The molecule has 4 heterocycles. The van der Waals surface area contributed by atoms with Gasteiger partial charge >= 0.3 is 24.5 Å². The Morgan fingerprint density at radius 2 is 1.12 bits per heavy atom. The lowest BCUT2D eigenvalue weighted by Crippen LogP contribution is -2.50. The van der Waals surface area contributed by atoms with E-state index in [2.05, 4.69) is 54.8 Å². The lowest BCUT2D eigenvalue weighted by Gasteiger charge is -2.36. The molecule has 0 aliphatic carbocycles. The van der Waals surface area contributed by atoms with E-state index in [0.29, 0.717) is 44.1 Å². The van der Waals surface area contributed by atoms with Gasteiger partial charge in [0.15, 0.2) is 0 Å². The van der Waals surface area contributed by atoms with E-state index in [1.807, 2.05) is 20.8 Å². The number of nitrogens with one attached hydrogen (secondary N) is 1. The predicted octanol–water partition coefficient (Wildman–Crippen LogP) is 10.8. The highest BCUT2D eigenvalue weighted by Crippen LogP contribution is 2.35. The summed E-state index contributed by atoms with van der Waals surface area (Å²) in [5, 5.41) is 1.92. The van der Waals surface area contributed by atoms with Gasteiger partial charge in [-0.3, -0.25) is 9.29 Å². The van der Waals surface area contributed by atoms with Crippen LogP contribution in [0, 0.1) is 0 Å². The third-order valence-electron chi connectivity index (χ3n) is 7.98. The number of alkyl halides is 7. The number of halogens is 10. The van der Waals surface area contributed by atoms with Crippen molar-refractivity contribution in [2.75, 3.05) is 71.0 Å². The van der Waals surface area contributed by atoms with Crippen LogP contribution in [-0.4, -0.2) is 126 Å². The van der Waals surface area contributed by atoms with Crippen LogP contribution in [0.15, 0.2) is 24.3 Å². The van der Waals surface area contributed by atoms with Gasteiger partial charge in [-0.2, -0.15) is 26.3 Å². The van der Waals surface area contributed by atoms with Crippen LogP contribution in [0.1, 0.15) is 88.7 Å². The van der Waals surface area contributed by atoms with E-state index in [1.165, 1.54) is 6.07 Å². The van der Waals surface area contributed by atoms with E-state index < -0.39 is 52.6 Å². The quantitative estimate of drug-likeness (QED) is 0.237. The zero-order valence-corrected chi connectivity index (χ0v) is 38.4. The molecule has 0 atom stereocenters. The molecule has 11 nitrogen and oxygen atoms in total. The number of carbonyl (C=O) groups excluding carboxylic acids is 2. The average molecular weight is 932 g/mol. The Bertz CT molecular complexity index is 1600. The van der Waals surface area contributed by atoms with Gasteiger partial charge in [0.2, 0.25) is 0 Å². The van der Waals surface area contributed by atoms with Crippen LogP contribution in [-0.2, 0) is 21.8 Å². The Morgan fingerprint density at radius 1 is 0.733 bits per heavy atom. The summed E-state index contributed by atoms with van der Waals surface area (Å²) < 4.78 is 100. The van der Waals surface area contributed by atoms with Crippen molar-refractivity contribution in [1.29, 1.82) is 0 Å². The highest BCUT2D eigenvalue weighted by atomic mass is 35.5. The van der Waals surface area contributed by atoms with Gasteiger partial charge in [0.05, 0.1) is 19.7 Å². The smallest absolute Gasteiger partial charge is 0.419 e. The van der Waals surface area contributed by atoms with Gasteiger partial charge in [0.1, 0.15) is 32.5 Å². The van der Waals surface area contributed by atoms with Crippen LogP contribution in [0.4, 0.5) is 46.1 Å². The number of amides is 2. The first-order valence-electron chi connectivity index (χ1n) is 19.7. The summed E-state index contributed by atoms with van der Waals surface area (Å²) in [6.45, 7) is 28.2. The highest BCUT2D eigenvalue weighted by Gasteiger charge is 2.35. The molecule has 2 aromatic heterocycles. The van der Waals surface area contributed by atoms with Crippen molar-refractivity contribution < 1.29 is 51.2 Å². The summed E-state index contributed by atoms with van der Waals surface area (Å²) in [5.74, 6) is 0.358. The van der Waals surface area contributed by atoms with E-state index in [1.54, 1.807) is 35.5 Å². The summed E-state index contributed by atoms with van der Waals surface area (Å²) in [5.41, 5.74) is -2.90. The molecule has 0 saturated carbocycles. The van der Waals surface area contributed by atoms with E-state index in [9.17, 15) is 40.3 Å². The Balaban J connectivity index is 0.000000828. The summed E-state index contributed by atoms with van der Waals surface area (Å²) in [6, 6.07) is 5.42. The number of piperazine rings is 2. The molecule has 0 unspecified atom stereocenters. The van der Waals surface area contributed by atoms with Gasteiger partial charge in [-0.05, 0) is 100 Å². The Labute approximate surface area is 366 Å². The monoisotopic (exact) mass is 930 g/mol. The minimum Gasteiger partial charge on any atom is -0.444 e. The largest absolute Gasteiger partial charge is 0.444 e. The van der Waals surface area contributed by atoms with Crippen LogP contribution in [0.3, 0.4) is 0 Å². The van der Waals surface area contributed by atoms with Crippen molar-refractivity contribution >= 4 is 52.8 Å². The summed E-state index contributed by atoms with van der Waals surface area (Å²) in [7, 11) is -1.00. The topological polar surface area (TPSA) is 103 Å². The van der Waals surface area contributed by atoms with Crippen LogP contribution < -0.4 is 10.2 Å². The number of pyridine rings is 2. The van der Waals surface area contributed by atoms with Gasteiger partial charge < -0.3 is 29.5 Å². The van der Waals surface area contributed by atoms with E-state index in [4.69, 9.17) is 45.6 Å². The second-order valence-corrected chi connectivity index (χ2v) is 16.8. The zero-order valence-electron chi connectivity index (χ0n) is 37.1. The number of aromatic nitrogens is 2. The van der Waals surface area contributed by atoms with E-state index in [-0.39, 0.29) is 16.8 Å². The van der Waals surface area contributed by atoms with Crippen LogP contribution in [0.25, 0.3) is 0 Å². The normalized spacial score (nSPS) is 15.0. The second-order valence-electron chi connectivity index (χ2n) is 15.7. The second kappa shape index (κ2) is 25.8. The van der Waals surface area contributed by atoms with Crippen LogP contribution >= 0.6 is 34.8 Å². The number of hydrogen-bond acceptors (Lipinski definition) is 9. The fraction of sp³-hybridized carbons (Fsp3) is 0.692. The molecule has 21 heteroatoms. The molecule has 2 aliphatic rings. The Hall–Kier alpha value is -3.06. The maximum absolute atomic E-state index is 12.7. The maximum Gasteiger partial charge on any atom is 0.419 e. The molecule has 60 heavy (non-hydrogen) atoms. The lowest BCUT2D eigenvalue weighted by molar-refractivity contribution is -0.138. The molecule has 1 N–H and O–H groups in total. The highest BCUT2D eigenvalue weighted by molar-refractivity contribution is 6.33. The molecule has 2 fully saturated rings. The summed E-state index contributed by atoms with van der Waals surface area (Å²) in [4.78, 5) is 38.1.